The first-order valence-corrected chi connectivity index (χ1v) is 9.35. The van der Waals surface area contributed by atoms with Crippen LogP contribution in [-0.2, 0) is 16.6 Å². The van der Waals surface area contributed by atoms with E-state index in [0.717, 1.165) is 9.87 Å². The predicted octanol–water partition coefficient (Wildman–Crippen LogP) is 3.43. The molecule has 0 saturated heterocycles. The van der Waals surface area contributed by atoms with Crippen molar-refractivity contribution < 1.29 is 31.4 Å². The number of sulfonamides is 1. The van der Waals surface area contributed by atoms with Gasteiger partial charge in [0.2, 0.25) is 10.0 Å². The van der Waals surface area contributed by atoms with Crippen LogP contribution < -0.4 is 14.2 Å². The largest absolute Gasteiger partial charge is 0.495 e. The van der Waals surface area contributed by atoms with Gasteiger partial charge in [0, 0.05) is 13.6 Å². The van der Waals surface area contributed by atoms with Crippen molar-refractivity contribution in [1.29, 1.82) is 0 Å². The first-order chi connectivity index (χ1) is 12.7. The van der Waals surface area contributed by atoms with Crippen molar-refractivity contribution >= 4 is 10.0 Å². The molecule has 0 spiro atoms. The van der Waals surface area contributed by atoms with Gasteiger partial charge in [0.15, 0.2) is 11.5 Å². The van der Waals surface area contributed by atoms with Crippen molar-refractivity contribution in [1.82, 2.24) is 4.31 Å². The van der Waals surface area contributed by atoms with Crippen LogP contribution in [0.2, 0.25) is 0 Å². The molecule has 0 aliphatic carbocycles. The second kappa shape index (κ2) is 8.53. The number of hydrogen-bond donors (Lipinski definition) is 0. The zero-order chi connectivity index (χ0) is 20.2. The highest BCUT2D eigenvalue weighted by atomic mass is 32.2. The zero-order valence-electron chi connectivity index (χ0n) is 15.4. The molecule has 6 nitrogen and oxygen atoms in total. The molecule has 2 aromatic carbocycles. The smallest absolute Gasteiger partial charge is 0.387 e. The molecular weight excluding hydrogens is 380 g/mol. The van der Waals surface area contributed by atoms with E-state index in [4.69, 9.17) is 9.47 Å². The molecule has 0 aromatic heterocycles. The minimum Gasteiger partial charge on any atom is -0.495 e. The quantitative estimate of drug-likeness (QED) is 0.678. The van der Waals surface area contributed by atoms with Gasteiger partial charge in [0.1, 0.15) is 10.6 Å². The van der Waals surface area contributed by atoms with E-state index in [-0.39, 0.29) is 28.7 Å². The molecule has 0 fully saturated rings. The highest BCUT2D eigenvalue weighted by Crippen LogP contribution is 2.31. The lowest BCUT2D eigenvalue weighted by molar-refractivity contribution is -0.0512. The summed E-state index contributed by atoms with van der Waals surface area (Å²) in [5.74, 6) is 0.208. The number of benzene rings is 2. The standard InChI is InChI=1S/C18H21F2NO5S/c1-12-5-7-15(24-3)17(9-12)27(22,23)21(2)11-13-6-8-14(26-18(19)20)16(10-13)25-4/h5-10,18H,11H2,1-4H3. The Kier molecular flexibility index (Phi) is 6.61. The Balaban J connectivity index is 2.31. The molecule has 0 saturated carbocycles. The number of methoxy groups -OCH3 is 2. The maximum absolute atomic E-state index is 12.9. The summed E-state index contributed by atoms with van der Waals surface area (Å²) >= 11 is 0. The fourth-order valence-corrected chi connectivity index (χ4v) is 3.89. The molecule has 2 rings (SSSR count). The molecule has 0 radical (unpaired) electrons. The summed E-state index contributed by atoms with van der Waals surface area (Å²) in [5, 5.41) is 0. The number of nitrogens with zero attached hydrogens (tertiary/aromatic N) is 1. The van der Waals surface area contributed by atoms with Crippen LogP contribution in [0.4, 0.5) is 8.78 Å². The average molecular weight is 401 g/mol. The molecule has 0 atom stereocenters. The zero-order valence-corrected chi connectivity index (χ0v) is 16.2. The van der Waals surface area contributed by atoms with Crippen LogP contribution in [0.25, 0.3) is 0 Å². The van der Waals surface area contributed by atoms with Crippen LogP contribution in [0.1, 0.15) is 11.1 Å². The molecule has 0 aliphatic heterocycles. The molecule has 0 heterocycles. The van der Waals surface area contributed by atoms with Gasteiger partial charge in [-0.15, -0.1) is 0 Å². The third-order valence-corrected chi connectivity index (χ3v) is 5.68. The number of alkyl halides is 2. The lowest BCUT2D eigenvalue weighted by atomic mass is 10.2. The van der Waals surface area contributed by atoms with E-state index in [1.807, 2.05) is 0 Å². The van der Waals surface area contributed by atoms with E-state index < -0.39 is 16.6 Å². The van der Waals surface area contributed by atoms with Gasteiger partial charge in [-0.3, -0.25) is 0 Å². The van der Waals surface area contributed by atoms with E-state index in [9.17, 15) is 17.2 Å². The maximum atomic E-state index is 12.9. The third-order valence-electron chi connectivity index (χ3n) is 3.86. The van der Waals surface area contributed by atoms with Gasteiger partial charge in [0.25, 0.3) is 0 Å². The predicted molar refractivity (Wildman–Crippen MR) is 96.0 cm³/mol. The van der Waals surface area contributed by atoms with Gasteiger partial charge < -0.3 is 14.2 Å². The van der Waals surface area contributed by atoms with Crippen LogP contribution in [0, 0.1) is 6.92 Å². The highest BCUT2D eigenvalue weighted by Gasteiger charge is 2.25. The number of ether oxygens (including phenoxy) is 3. The van der Waals surface area contributed by atoms with Gasteiger partial charge >= 0.3 is 6.61 Å². The fourth-order valence-electron chi connectivity index (χ4n) is 2.50. The summed E-state index contributed by atoms with van der Waals surface area (Å²) < 4.78 is 66.4. The molecule has 2 aromatic rings. The molecule has 0 unspecified atom stereocenters. The second-order valence-electron chi connectivity index (χ2n) is 5.78. The van der Waals surface area contributed by atoms with Crippen LogP contribution in [0.3, 0.4) is 0 Å². The maximum Gasteiger partial charge on any atom is 0.387 e. The molecular formula is C18H21F2NO5S. The number of rotatable bonds is 8. The van der Waals surface area contributed by atoms with E-state index >= 15 is 0 Å². The van der Waals surface area contributed by atoms with Crippen molar-refractivity contribution in [2.24, 2.45) is 0 Å². The van der Waals surface area contributed by atoms with Crippen molar-refractivity contribution in [3.8, 4) is 17.2 Å². The molecule has 0 aliphatic rings. The molecule has 9 heteroatoms. The SMILES string of the molecule is COc1cc(CN(C)S(=O)(=O)c2cc(C)ccc2OC)ccc1OC(F)F. The summed E-state index contributed by atoms with van der Waals surface area (Å²) in [7, 11) is 0.303. The van der Waals surface area contributed by atoms with Crippen LogP contribution in [0.15, 0.2) is 41.3 Å². The lowest BCUT2D eigenvalue weighted by Gasteiger charge is -2.20. The average Bonchev–Trinajstić information content (AvgIpc) is 2.62. The molecule has 0 amide bonds. The fraction of sp³-hybridized carbons (Fsp3) is 0.333. The van der Waals surface area contributed by atoms with Gasteiger partial charge in [-0.1, -0.05) is 12.1 Å². The van der Waals surface area contributed by atoms with Gasteiger partial charge in [-0.2, -0.15) is 13.1 Å². The highest BCUT2D eigenvalue weighted by molar-refractivity contribution is 7.89. The van der Waals surface area contributed by atoms with Gasteiger partial charge in [0.05, 0.1) is 14.2 Å². The van der Waals surface area contributed by atoms with Crippen LogP contribution >= 0.6 is 0 Å². The molecule has 27 heavy (non-hydrogen) atoms. The second-order valence-corrected chi connectivity index (χ2v) is 7.79. The molecule has 148 valence electrons. The summed E-state index contributed by atoms with van der Waals surface area (Å²) in [6.45, 7) is -1.20. The van der Waals surface area contributed by atoms with Crippen molar-refractivity contribution in [2.45, 2.75) is 25.0 Å². The Morgan fingerprint density at radius 1 is 1.00 bits per heavy atom. The monoisotopic (exact) mass is 401 g/mol. The third kappa shape index (κ3) is 4.86. The molecule has 0 bridgehead atoms. The van der Waals surface area contributed by atoms with Crippen LogP contribution in [-0.4, -0.2) is 40.6 Å². The molecule has 0 N–H and O–H groups in total. The first-order valence-electron chi connectivity index (χ1n) is 7.91. The topological polar surface area (TPSA) is 65.1 Å². The lowest BCUT2D eigenvalue weighted by Crippen LogP contribution is -2.27. The Morgan fingerprint density at radius 3 is 2.22 bits per heavy atom. The van der Waals surface area contributed by atoms with Gasteiger partial charge in [-0.25, -0.2) is 8.42 Å². The summed E-state index contributed by atoms with van der Waals surface area (Å²) in [6, 6.07) is 9.15. The summed E-state index contributed by atoms with van der Waals surface area (Å²) in [6.07, 6.45) is 0. The Bertz CT molecular complexity index is 903. The number of halogens is 2. The van der Waals surface area contributed by atoms with Crippen LogP contribution in [0.5, 0.6) is 17.2 Å². The first kappa shape index (κ1) is 20.9. The minimum atomic E-state index is -3.83. The van der Waals surface area contributed by atoms with Crippen molar-refractivity contribution in [3.63, 3.8) is 0 Å². The number of aryl methyl sites for hydroxylation is 1. The summed E-state index contributed by atoms with van der Waals surface area (Å²) in [4.78, 5) is 0.0529. The number of hydrogen-bond acceptors (Lipinski definition) is 5. The van der Waals surface area contributed by atoms with Crippen molar-refractivity contribution in [2.75, 3.05) is 21.3 Å². The Labute approximate surface area is 157 Å². The Morgan fingerprint density at radius 2 is 1.63 bits per heavy atom. The normalized spacial score (nSPS) is 11.7. The van der Waals surface area contributed by atoms with E-state index in [1.165, 1.54) is 45.5 Å². The van der Waals surface area contributed by atoms with Gasteiger partial charge in [-0.05, 0) is 42.3 Å². The Hall–Kier alpha value is -2.39. The van der Waals surface area contributed by atoms with Crippen molar-refractivity contribution in [3.05, 3.63) is 47.5 Å². The van der Waals surface area contributed by atoms with E-state index in [1.54, 1.807) is 19.1 Å². The summed E-state index contributed by atoms with van der Waals surface area (Å²) in [5.41, 5.74) is 1.32. The van der Waals surface area contributed by atoms with E-state index in [2.05, 4.69) is 4.74 Å². The van der Waals surface area contributed by atoms with E-state index in [0.29, 0.717) is 5.56 Å². The minimum absolute atomic E-state index is 0.00471.